The molecule has 4 rings (SSSR count). The predicted octanol–water partition coefficient (Wildman–Crippen LogP) is 3.31. The van der Waals surface area contributed by atoms with Gasteiger partial charge in [-0.3, -0.25) is 4.98 Å². The van der Waals surface area contributed by atoms with Crippen molar-refractivity contribution in [3.63, 3.8) is 0 Å². The van der Waals surface area contributed by atoms with Crippen LogP contribution in [0.3, 0.4) is 0 Å². The summed E-state index contributed by atoms with van der Waals surface area (Å²) in [7, 11) is 2.01. The fourth-order valence-electron chi connectivity index (χ4n) is 3.25. The summed E-state index contributed by atoms with van der Waals surface area (Å²) in [4.78, 5) is 13.3. The molecule has 2 aromatic rings. The number of aliphatic imine (C=N–C) groups is 1. The second kappa shape index (κ2) is 7.14. The highest BCUT2D eigenvalue weighted by molar-refractivity contribution is 5.91. The van der Waals surface area contributed by atoms with E-state index in [2.05, 4.69) is 28.6 Å². The summed E-state index contributed by atoms with van der Waals surface area (Å²) in [6.45, 7) is 6.44. The Balaban J connectivity index is 1.61. The molecule has 1 aromatic heterocycles. The average molecular weight is 346 g/mol. The number of rotatable bonds is 2. The van der Waals surface area contributed by atoms with E-state index in [1.165, 1.54) is 5.56 Å². The average Bonchev–Trinajstić information content (AvgIpc) is 2.71. The maximum atomic E-state index is 6.00. The maximum Gasteiger partial charge on any atom is 0.206 e. The quantitative estimate of drug-likeness (QED) is 0.836. The maximum absolute atomic E-state index is 6.00. The van der Waals surface area contributed by atoms with E-state index < -0.39 is 0 Å². The Morgan fingerprint density at radius 3 is 2.65 bits per heavy atom. The van der Waals surface area contributed by atoms with E-state index >= 15 is 0 Å². The largest absolute Gasteiger partial charge is 0.370 e. The molecule has 0 radical (unpaired) electrons. The van der Waals surface area contributed by atoms with Crippen LogP contribution in [0.4, 0.5) is 0 Å². The molecular formula is C21H22N4O. The van der Waals surface area contributed by atoms with Crippen molar-refractivity contribution in [1.82, 2.24) is 14.8 Å². The van der Waals surface area contributed by atoms with E-state index in [1.54, 1.807) is 12.4 Å². The third kappa shape index (κ3) is 3.26. The van der Waals surface area contributed by atoms with E-state index in [0.29, 0.717) is 6.61 Å². The van der Waals surface area contributed by atoms with E-state index in [9.17, 15) is 0 Å². The summed E-state index contributed by atoms with van der Waals surface area (Å²) in [5.41, 5.74) is 4.07. The molecule has 0 bridgehead atoms. The number of pyridine rings is 1. The normalized spacial score (nSPS) is 20.7. The monoisotopic (exact) mass is 346 g/mol. The van der Waals surface area contributed by atoms with E-state index in [0.717, 1.165) is 36.0 Å². The minimum atomic E-state index is 0.0459. The molecule has 2 aliphatic rings. The third-order valence-corrected chi connectivity index (χ3v) is 4.75. The van der Waals surface area contributed by atoms with Crippen molar-refractivity contribution in [3.05, 3.63) is 84.3 Å². The van der Waals surface area contributed by atoms with Gasteiger partial charge in [0.2, 0.25) is 5.96 Å². The van der Waals surface area contributed by atoms with Gasteiger partial charge >= 0.3 is 0 Å². The molecule has 1 aromatic carbocycles. The summed E-state index contributed by atoms with van der Waals surface area (Å²) >= 11 is 0. The minimum Gasteiger partial charge on any atom is -0.370 e. The van der Waals surface area contributed by atoms with Gasteiger partial charge in [-0.05, 0) is 23.8 Å². The zero-order valence-electron chi connectivity index (χ0n) is 14.9. The van der Waals surface area contributed by atoms with Gasteiger partial charge in [-0.1, -0.05) is 36.9 Å². The molecule has 0 amide bonds. The number of likely N-dealkylation sites (N-methyl/N-ethyl adjacent to an activating group) is 1. The summed E-state index contributed by atoms with van der Waals surface area (Å²) in [6.07, 6.45) is 5.62. The van der Waals surface area contributed by atoms with Crippen molar-refractivity contribution in [2.24, 2.45) is 4.99 Å². The van der Waals surface area contributed by atoms with Crippen LogP contribution < -0.4 is 0 Å². The van der Waals surface area contributed by atoms with Crippen molar-refractivity contribution in [3.8, 4) is 0 Å². The standard InChI is InChI=1S/C21H22N4O/c1-16-14-19(17-8-10-22-11-9-17)23-21(24(16)2)25-12-13-26-20(15-25)18-6-4-3-5-7-18/h3-11,14,20H,1,12-13,15H2,2H3/t20-/m1/s1. The van der Waals surface area contributed by atoms with Crippen LogP contribution in [0.5, 0.6) is 0 Å². The van der Waals surface area contributed by atoms with Crippen LogP contribution >= 0.6 is 0 Å². The molecule has 0 saturated carbocycles. The molecule has 132 valence electrons. The van der Waals surface area contributed by atoms with Crippen molar-refractivity contribution < 1.29 is 4.74 Å². The number of hydrogen-bond acceptors (Lipinski definition) is 5. The van der Waals surface area contributed by atoms with Gasteiger partial charge in [0.1, 0.15) is 6.10 Å². The lowest BCUT2D eigenvalue weighted by Gasteiger charge is -2.39. The fourth-order valence-corrected chi connectivity index (χ4v) is 3.25. The van der Waals surface area contributed by atoms with Crippen LogP contribution in [0.2, 0.25) is 0 Å². The second-order valence-electron chi connectivity index (χ2n) is 6.44. The summed E-state index contributed by atoms with van der Waals surface area (Å²) in [6, 6.07) is 14.3. The SMILES string of the molecule is C=C1C=C(c2ccncc2)N=C(N2CCO[C@@H](c3ccccc3)C2)N1C. The van der Waals surface area contributed by atoms with E-state index in [-0.39, 0.29) is 6.10 Å². The predicted molar refractivity (Wildman–Crippen MR) is 103 cm³/mol. The van der Waals surface area contributed by atoms with Gasteiger partial charge in [-0.2, -0.15) is 0 Å². The number of hydrogen-bond donors (Lipinski definition) is 0. The topological polar surface area (TPSA) is 41.0 Å². The Bertz CT molecular complexity index is 845. The smallest absolute Gasteiger partial charge is 0.206 e. The van der Waals surface area contributed by atoms with Gasteiger partial charge in [0, 0.05) is 37.2 Å². The number of ether oxygens (including phenoxy) is 1. The molecule has 0 unspecified atom stereocenters. The molecule has 0 spiro atoms. The molecule has 1 saturated heterocycles. The molecular weight excluding hydrogens is 324 g/mol. The Kier molecular flexibility index (Phi) is 4.54. The second-order valence-corrected chi connectivity index (χ2v) is 6.44. The molecule has 5 nitrogen and oxygen atoms in total. The first-order valence-corrected chi connectivity index (χ1v) is 8.77. The molecule has 26 heavy (non-hydrogen) atoms. The lowest BCUT2D eigenvalue weighted by atomic mass is 10.1. The summed E-state index contributed by atoms with van der Waals surface area (Å²) in [5, 5.41) is 0. The highest BCUT2D eigenvalue weighted by Gasteiger charge is 2.28. The van der Waals surface area contributed by atoms with Crippen molar-refractivity contribution in [2.75, 3.05) is 26.7 Å². The number of allylic oxidation sites excluding steroid dienone is 1. The molecule has 3 heterocycles. The van der Waals surface area contributed by atoms with Crippen molar-refractivity contribution >= 4 is 11.7 Å². The number of morpholine rings is 1. The van der Waals surface area contributed by atoms with Crippen LogP contribution in [0.15, 0.2) is 78.2 Å². The molecule has 0 aliphatic carbocycles. The van der Waals surface area contributed by atoms with Gasteiger partial charge < -0.3 is 14.5 Å². The summed E-state index contributed by atoms with van der Waals surface area (Å²) < 4.78 is 6.00. The Labute approximate surface area is 153 Å². The molecule has 1 atom stereocenters. The number of aromatic nitrogens is 1. The zero-order chi connectivity index (χ0) is 17.9. The minimum absolute atomic E-state index is 0.0459. The molecule has 2 aliphatic heterocycles. The number of guanidine groups is 1. The lowest BCUT2D eigenvalue weighted by molar-refractivity contribution is -0.00962. The summed E-state index contributed by atoms with van der Waals surface area (Å²) in [5.74, 6) is 0.911. The van der Waals surface area contributed by atoms with E-state index in [1.807, 2.05) is 48.4 Å². The fraction of sp³-hybridized carbons (Fsp3) is 0.238. The number of benzene rings is 1. The number of nitrogens with zero attached hydrogens (tertiary/aromatic N) is 4. The van der Waals surface area contributed by atoms with Gasteiger partial charge in [0.25, 0.3) is 0 Å². The Hall–Kier alpha value is -2.92. The lowest BCUT2D eigenvalue weighted by Crippen LogP contribution is -2.49. The van der Waals surface area contributed by atoms with Crippen molar-refractivity contribution in [1.29, 1.82) is 0 Å². The molecule has 1 fully saturated rings. The first-order chi connectivity index (χ1) is 12.7. The van der Waals surface area contributed by atoms with Crippen LogP contribution in [0.1, 0.15) is 17.2 Å². The highest BCUT2D eigenvalue weighted by Crippen LogP contribution is 2.27. The van der Waals surface area contributed by atoms with Gasteiger partial charge in [0.05, 0.1) is 18.8 Å². The molecule has 0 N–H and O–H groups in total. The highest BCUT2D eigenvalue weighted by atomic mass is 16.5. The zero-order valence-corrected chi connectivity index (χ0v) is 14.9. The van der Waals surface area contributed by atoms with Gasteiger partial charge in [0.15, 0.2) is 0 Å². The van der Waals surface area contributed by atoms with Gasteiger partial charge in [-0.15, -0.1) is 0 Å². The van der Waals surface area contributed by atoms with E-state index in [4.69, 9.17) is 9.73 Å². The van der Waals surface area contributed by atoms with Crippen molar-refractivity contribution in [2.45, 2.75) is 6.10 Å². The first kappa shape index (κ1) is 16.5. The Morgan fingerprint density at radius 1 is 1.12 bits per heavy atom. The van der Waals surface area contributed by atoms with Crippen LogP contribution in [-0.2, 0) is 4.74 Å². The van der Waals surface area contributed by atoms with Gasteiger partial charge in [-0.25, -0.2) is 4.99 Å². The van der Waals surface area contributed by atoms with Crippen LogP contribution in [0.25, 0.3) is 5.70 Å². The first-order valence-electron chi connectivity index (χ1n) is 8.77. The van der Waals surface area contributed by atoms with Crippen LogP contribution in [0, 0.1) is 0 Å². The molecule has 5 heteroatoms. The third-order valence-electron chi connectivity index (χ3n) is 4.75. The Morgan fingerprint density at radius 2 is 1.88 bits per heavy atom. The van der Waals surface area contributed by atoms with Crippen LogP contribution in [-0.4, -0.2) is 47.5 Å².